The highest BCUT2D eigenvalue weighted by Gasteiger charge is 2.28. The van der Waals surface area contributed by atoms with Gasteiger partial charge in [-0.05, 0) is 35.4 Å². The normalized spacial score (nSPS) is 18.6. The molecule has 0 saturated carbocycles. The summed E-state index contributed by atoms with van der Waals surface area (Å²) in [5.74, 6) is -0.194. The maximum absolute atomic E-state index is 12.9. The van der Waals surface area contributed by atoms with Gasteiger partial charge in [-0.25, -0.2) is 4.39 Å². The molecule has 0 aliphatic carbocycles. The average Bonchev–Trinajstić information content (AvgIpc) is 2.79. The van der Waals surface area contributed by atoms with Gasteiger partial charge in [0.2, 0.25) is 5.91 Å². The van der Waals surface area contributed by atoms with E-state index in [0.29, 0.717) is 13.0 Å². The molecule has 0 radical (unpaired) electrons. The molecule has 2 nitrogen and oxygen atoms in total. The number of anilines is 1. The first kappa shape index (κ1) is 13.1. The number of alkyl halides is 1. The van der Waals surface area contributed by atoms with E-state index in [0.717, 1.165) is 16.8 Å². The molecule has 1 atom stereocenters. The van der Waals surface area contributed by atoms with Crippen LogP contribution in [0.1, 0.15) is 6.42 Å². The summed E-state index contributed by atoms with van der Waals surface area (Å²) in [5.41, 5.74) is 2.78. The van der Waals surface area contributed by atoms with Crippen LogP contribution in [0.25, 0.3) is 11.1 Å². The Balaban J connectivity index is 1.84. The quantitative estimate of drug-likeness (QED) is 0.769. The van der Waals surface area contributed by atoms with E-state index in [9.17, 15) is 9.18 Å². The van der Waals surface area contributed by atoms with Gasteiger partial charge in [-0.1, -0.05) is 24.3 Å². The summed E-state index contributed by atoms with van der Waals surface area (Å²) in [6.45, 7) is 0.552. The molecule has 0 bridgehead atoms. The Morgan fingerprint density at radius 2 is 1.55 bits per heavy atom. The van der Waals surface area contributed by atoms with E-state index >= 15 is 0 Å². The third-order valence-electron chi connectivity index (χ3n) is 3.43. The molecule has 0 N–H and O–H groups in total. The van der Waals surface area contributed by atoms with Gasteiger partial charge in [-0.3, -0.25) is 4.79 Å². The molecule has 1 aliphatic rings. The van der Waals surface area contributed by atoms with Crippen LogP contribution >= 0.6 is 11.6 Å². The van der Waals surface area contributed by atoms with Gasteiger partial charge >= 0.3 is 0 Å². The molecule has 20 heavy (non-hydrogen) atoms. The third-order valence-corrected chi connectivity index (χ3v) is 3.73. The molecule has 1 heterocycles. The zero-order chi connectivity index (χ0) is 14.1. The third kappa shape index (κ3) is 2.54. The van der Waals surface area contributed by atoms with Crippen molar-refractivity contribution >= 4 is 23.2 Å². The first-order chi connectivity index (χ1) is 9.63. The van der Waals surface area contributed by atoms with E-state index in [-0.39, 0.29) is 17.1 Å². The van der Waals surface area contributed by atoms with E-state index in [1.807, 2.05) is 24.3 Å². The molecule has 1 unspecified atom stereocenters. The standard InChI is InChI=1S/C16H13ClFNO/c17-13-9-16(20)19(10-13)15-7-3-12(4-8-15)11-1-5-14(18)6-2-11/h1-8,13H,9-10H2. The molecular formula is C16H13ClFNO. The lowest BCUT2D eigenvalue weighted by Crippen LogP contribution is -2.24. The van der Waals surface area contributed by atoms with Crippen molar-refractivity contribution in [2.24, 2.45) is 0 Å². The molecule has 3 rings (SSSR count). The van der Waals surface area contributed by atoms with Crippen molar-refractivity contribution in [2.45, 2.75) is 11.8 Å². The lowest BCUT2D eigenvalue weighted by molar-refractivity contribution is -0.117. The first-order valence-electron chi connectivity index (χ1n) is 6.44. The minimum absolute atomic E-state index is 0.0551. The predicted molar refractivity (Wildman–Crippen MR) is 78.4 cm³/mol. The topological polar surface area (TPSA) is 20.3 Å². The molecule has 1 amide bonds. The summed E-state index contributed by atoms with van der Waals surface area (Å²) in [7, 11) is 0. The van der Waals surface area contributed by atoms with Gasteiger partial charge in [0, 0.05) is 18.7 Å². The zero-order valence-corrected chi connectivity index (χ0v) is 11.5. The van der Waals surface area contributed by atoms with Gasteiger partial charge in [0.05, 0.1) is 5.38 Å². The van der Waals surface area contributed by atoms with Crippen molar-refractivity contribution in [1.29, 1.82) is 0 Å². The van der Waals surface area contributed by atoms with Crippen LogP contribution in [0.4, 0.5) is 10.1 Å². The van der Waals surface area contributed by atoms with Crippen molar-refractivity contribution < 1.29 is 9.18 Å². The second kappa shape index (κ2) is 5.25. The molecule has 1 fully saturated rings. The highest BCUT2D eigenvalue weighted by Crippen LogP contribution is 2.27. The van der Waals surface area contributed by atoms with E-state index in [1.54, 1.807) is 17.0 Å². The van der Waals surface area contributed by atoms with E-state index in [2.05, 4.69) is 0 Å². The van der Waals surface area contributed by atoms with Gasteiger partial charge in [0.15, 0.2) is 0 Å². The van der Waals surface area contributed by atoms with Crippen molar-refractivity contribution in [3.8, 4) is 11.1 Å². The van der Waals surface area contributed by atoms with Crippen LogP contribution in [0.5, 0.6) is 0 Å². The summed E-state index contributed by atoms with van der Waals surface area (Å²) in [6, 6.07) is 14.0. The fraction of sp³-hybridized carbons (Fsp3) is 0.188. The number of benzene rings is 2. The van der Waals surface area contributed by atoms with E-state index in [1.165, 1.54) is 12.1 Å². The molecule has 4 heteroatoms. The number of carbonyl (C=O) groups excluding carboxylic acids is 1. The SMILES string of the molecule is O=C1CC(Cl)CN1c1ccc(-c2ccc(F)cc2)cc1. The summed E-state index contributed by atoms with van der Waals surface area (Å²) in [6.07, 6.45) is 0.390. The molecule has 0 aromatic heterocycles. The summed E-state index contributed by atoms with van der Waals surface area (Å²) >= 11 is 6.00. The minimum Gasteiger partial charge on any atom is -0.311 e. The lowest BCUT2D eigenvalue weighted by Gasteiger charge is -2.16. The fourth-order valence-corrected chi connectivity index (χ4v) is 2.66. The molecule has 1 aliphatic heterocycles. The highest BCUT2D eigenvalue weighted by molar-refractivity contribution is 6.24. The Labute approximate surface area is 121 Å². The van der Waals surface area contributed by atoms with Crippen molar-refractivity contribution in [1.82, 2.24) is 0 Å². The number of hydrogen-bond acceptors (Lipinski definition) is 1. The number of amides is 1. The summed E-state index contributed by atoms with van der Waals surface area (Å²) < 4.78 is 12.9. The van der Waals surface area contributed by atoms with Crippen LogP contribution in [-0.4, -0.2) is 17.8 Å². The molecule has 2 aromatic rings. The average molecular weight is 290 g/mol. The van der Waals surface area contributed by atoms with Crippen LogP contribution in [0.15, 0.2) is 48.5 Å². The smallest absolute Gasteiger partial charge is 0.228 e. The van der Waals surface area contributed by atoms with Gasteiger partial charge in [-0.15, -0.1) is 11.6 Å². The lowest BCUT2D eigenvalue weighted by atomic mass is 10.1. The molecule has 102 valence electrons. The monoisotopic (exact) mass is 289 g/mol. The summed E-state index contributed by atoms with van der Waals surface area (Å²) in [5, 5.41) is -0.112. The van der Waals surface area contributed by atoms with Crippen LogP contribution < -0.4 is 4.90 Å². The molecular weight excluding hydrogens is 277 g/mol. The van der Waals surface area contributed by atoms with Gasteiger partial charge in [0.1, 0.15) is 5.82 Å². The van der Waals surface area contributed by atoms with Gasteiger partial charge in [0.25, 0.3) is 0 Å². The molecule has 0 spiro atoms. The van der Waals surface area contributed by atoms with Crippen LogP contribution in [-0.2, 0) is 4.79 Å². The zero-order valence-electron chi connectivity index (χ0n) is 10.7. The summed E-state index contributed by atoms with van der Waals surface area (Å²) in [4.78, 5) is 13.5. The van der Waals surface area contributed by atoms with Crippen molar-refractivity contribution in [3.05, 3.63) is 54.3 Å². The number of nitrogens with zero attached hydrogens (tertiary/aromatic N) is 1. The van der Waals surface area contributed by atoms with Gasteiger partial charge in [-0.2, -0.15) is 0 Å². The van der Waals surface area contributed by atoms with Crippen LogP contribution in [0, 0.1) is 5.82 Å². The number of halogens is 2. The first-order valence-corrected chi connectivity index (χ1v) is 6.87. The Hall–Kier alpha value is -1.87. The van der Waals surface area contributed by atoms with Crippen molar-refractivity contribution in [3.63, 3.8) is 0 Å². The second-order valence-electron chi connectivity index (χ2n) is 4.86. The largest absolute Gasteiger partial charge is 0.311 e. The fourth-order valence-electron chi connectivity index (χ4n) is 2.39. The number of rotatable bonds is 2. The predicted octanol–water partition coefficient (Wildman–Crippen LogP) is 3.84. The maximum Gasteiger partial charge on any atom is 0.228 e. The minimum atomic E-state index is -0.249. The van der Waals surface area contributed by atoms with E-state index < -0.39 is 0 Å². The highest BCUT2D eigenvalue weighted by atomic mass is 35.5. The Kier molecular flexibility index (Phi) is 3.45. The maximum atomic E-state index is 12.9. The number of carbonyl (C=O) groups is 1. The van der Waals surface area contributed by atoms with Gasteiger partial charge < -0.3 is 4.90 Å². The Morgan fingerprint density at radius 1 is 1.00 bits per heavy atom. The Bertz CT molecular complexity index is 624. The second-order valence-corrected chi connectivity index (χ2v) is 5.48. The Morgan fingerprint density at radius 3 is 2.05 bits per heavy atom. The molecule has 1 saturated heterocycles. The van der Waals surface area contributed by atoms with Crippen molar-refractivity contribution in [2.75, 3.05) is 11.4 Å². The van der Waals surface area contributed by atoms with Crippen LogP contribution in [0.3, 0.4) is 0 Å². The van der Waals surface area contributed by atoms with E-state index in [4.69, 9.17) is 11.6 Å². The van der Waals surface area contributed by atoms with Crippen LogP contribution in [0.2, 0.25) is 0 Å². The molecule has 2 aromatic carbocycles. The number of hydrogen-bond donors (Lipinski definition) is 0.